The summed E-state index contributed by atoms with van der Waals surface area (Å²) >= 11 is 0. The van der Waals surface area contributed by atoms with E-state index in [9.17, 15) is 14.7 Å². The zero-order valence-electron chi connectivity index (χ0n) is 14.1. The summed E-state index contributed by atoms with van der Waals surface area (Å²) in [6.07, 6.45) is 3.11. The van der Waals surface area contributed by atoms with E-state index in [-0.39, 0.29) is 12.5 Å². The SMILES string of the molecule is CCCC(CNC(=O)c1cn(CCOC)c2ccccc12)C(=O)O. The van der Waals surface area contributed by atoms with Crippen molar-refractivity contribution in [1.82, 2.24) is 9.88 Å². The third kappa shape index (κ3) is 4.14. The average Bonchev–Trinajstić information content (AvgIpc) is 2.95. The fraction of sp³-hybridized carbons (Fsp3) is 0.444. The highest BCUT2D eigenvalue weighted by Gasteiger charge is 2.19. The molecule has 24 heavy (non-hydrogen) atoms. The number of hydrogen-bond acceptors (Lipinski definition) is 3. The molecule has 0 aliphatic carbocycles. The third-order valence-electron chi connectivity index (χ3n) is 4.06. The fourth-order valence-corrected chi connectivity index (χ4v) is 2.77. The Balaban J connectivity index is 2.18. The smallest absolute Gasteiger partial charge is 0.308 e. The van der Waals surface area contributed by atoms with Gasteiger partial charge >= 0.3 is 5.97 Å². The maximum Gasteiger partial charge on any atom is 0.308 e. The second-order valence-electron chi connectivity index (χ2n) is 5.78. The Bertz CT molecular complexity index is 708. The average molecular weight is 332 g/mol. The van der Waals surface area contributed by atoms with Crippen molar-refractivity contribution in [3.8, 4) is 0 Å². The van der Waals surface area contributed by atoms with Crippen LogP contribution in [0.3, 0.4) is 0 Å². The van der Waals surface area contributed by atoms with E-state index in [2.05, 4.69) is 5.32 Å². The number of benzene rings is 1. The molecule has 1 heterocycles. The molecule has 0 radical (unpaired) electrons. The fourth-order valence-electron chi connectivity index (χ4n) is 2.77. The summed E-state index contributed by atoms with van der Waals surface area (Å²) in [5, 5.41) is 12.8. The Labute approximate surface area is 141 Å². The van der Waals surface area contributed by atoms with Gasteiger partial charge in [0.15, 0.2) is 0 Å². The van der Waals surface area contributed by atoms with Crippen molar-refractivity contribution >= 4 is 22.8 Å². The van der Waals surface area contributed by atoms with E-state index in [0.29, 0.717) is 25.1 Å². The lowest BCUT2D eigenvalue weighted by molar-refractivity contribution is -0.141. The van der Waals surface area contributed by atoms with Gasteiger partial charge in [0.2, 0.25) is 0 Å². The number of para-hydroxylation sites is 1. The summed E-state index contributed by atoms with van der Waals surface area (Å²) in [6, 6.07) is 7.67. The van der Waals surface area contributed by atoms with Crippen LogP contribution in [0.15, 0.2) is 30.5 Å². The van der Waals surface area contributed by atoms with Crippen molar-refractivity contribution in [3.63, 3.8) is 0 Å². The second kappa shape index (κ2) is 8.49. The normalized spacial score (nSPS) is 12.2. The van der Waals surface area contributed by atoms with Crippen molar-refractivity contribution in [2.45, 2.75) is 26.3 Å². The number of methoxy groups -OCH3 is 1. The van der Waals surface area contributed by atoms with E-state index in [1.807, 2.05) is 35.8 Å². The van der Waals surface area contributed by atoms with Gasteiger partial charge in [0.25, 0.3) is 5.91 Å². The first-order valence-electron chi connectivity index (χ1n) is 8.16. The van der Waals surface area contributed by atoms with Crippen molar-refractivity contribution in [2.24, 2.45) is 5.92 Å². The number of hydrogen-bond donors (Lipinski definition) is 2. The van der Waals surface area contributed by atoms with Crippen LogP contribution in [-0.2, 0) is 16.1 Å². The minimum atomic E-state index is -0.875. The van der Waals surface area contributed by atoms with Crippen LogP contribution >= 0.6 is 0 Å². The summed E-state index contributed by atoms with van der Waals surface area (Å²) in [4.78, 5) is 23.7. The van der Waals surface area contributed by atoms with Gasteiger partial charge < -0.3 is 19.7 Å². The molecule has 6 nitrogen and oxygen atoms in total. The molecule has 2 aromatic rings. The van der Waals surface area contributed by atoms with Gasteiger partial charge in [0.1, 0.15) is 0 Å². The van der Waals surface area contributed by atoms with Gasteiger partial charge in [-0.3, -0.25) is 9.59 Å². The highest BCUT2D eigenvalue weighted by molar-refractivity contribution is 6.07. The zero-order valence-corrected chi connectivity index (χ0v) is 14.1. The van der Waals surface area contributed by atoms with E-state index in [0.717, 1.165) is 17.3 Å². The first kappa shape index (κ1) is 18.0. The summed E-state index contributed by atoms with van der Waals surface area (Å²) in [5.74, 6) is -1.68. The molecule has 1 aromatic heterocycles. The number of aliphatic carboxylic acids is 1. The van der Waals surface area contributed by atoms with Gasteiger partial charge in [0, 0.05) is 37.3 Å². The van der Waals surface area contributed by atoms with Gasteiger partial charge in [-0.25, -0.2) is 0 Å². The van der Waals surface area contributed by atoms with Crippen LogP contribution < -0.4 is 5.32 Å². The Morgan fingerprint density at radius 2 is 2.08 bits per heavy atom. The Kier molecular flexibility index (Phi) is 6.37. The van der Waals surface area contributed by atoms with Crippen LogP contribution in [-0.4, -0.2) is 41.8 Å². The van der Waals surface area contributed by atoms with E-state index in [1.165, 1.54) is 0 Å². The zero-order chi connectivity index (χ0) is 17.5. The number of carbonyl (C=O) groups is 2. The maximum absolute atomic E-state index is 12.5. The molecule has 0 fully saturated rings. The number of nitrogens with one attached hydrogen (secondary N) is 1. The largest absolute Gasteiger partial charge is 0.481 e. The molecule has 2 N–H and O–H groups in total. The van der Waals surface area contributed by atoms with Gasteiger partial charge in [-0.05, 0) is 12.5 Å². The summed E-state index contributed by atoms with van der Waals surface area (Å²) in [7, 11) is 1.64. The molecule has 0 bridgehead atoms. The topological polar surface area (TPSA) is 80.6 Å². The van der Waals surface area contributed by atoms with Crippen molar-refractivity contribution in [2.75, 3.05) is 20.3 Å². The Morgan fingerprint density at radius 3 is 2.75 bits per heavy atom. The number of amides is 1. The predicted molar refractivity (Wildman–Crippen MR) is 92.2 cm³/mol. The van der Waals surface area contributed by atoms with Gasteiger partial charge in [-0.2, -0.15) is 0 Å². The molecule has 1 unspecified atom stereocenters. The first-order chi connectivity index (χ1) is 11.6. The van der Waals surface area contributed by atoms with E-state index in [1.54, 1.807) is 13.3 Å². The number of carboxylic acids is 1. The molecule has 0 saturated heterocycles. The van der Waals surface area contributed by atoms with Crippen LogP contribution in [0.5, 0.6) is 0 Å². The van der Waals surface area contributed by atoms with Crippen LogP contribution in [0.1, 0.15) is 30.1 Å². The number of fused-ring (bicyclic) bond motifs is 1. The lowest BCUT2D eigenvalue weighted by Gasteiger charge is -2.12. The highest BCUT2D eigenvalue weighted by atomic mass is 16.5. The molecule has 0 spiro atoms. The predicted octanol–water partition coefficient (Wildman–Crippen LogP) is 2.52. The maximum atomic E-state index is 12.5. The molecule has 1 aromatic carbocycles. The van der Waals surface area contributed by atoms with E-state index in [4.69, 9.17) is 4.74 Å². The summed E-state index contributed by atoms with van der Waals surface area (Å²) in [5.41, 5.74) is 1.52. The molecule has 6 heteroatoms. The molecule has 2 rings (SSSR count). The van der Waals surface area contributed by atoms with Gasteiger partial charge in [-0.15, -0.1) is 0 Å². The van der Waals surface area contributed by atoms with E-state index >= 15 is 0 Å². The number of nitrogens with zero attached hydrogens (tertiary/aromatic N) is 1. The minimum absolute atomic E-state index is 0.138. The van der Waals surface area contributed by atoms with Crippen LogP contribution in [0.25, 0.3) is 10.9 Å². The molecule has 1 amide bonds. The number of rotatable bonds is 9. The first-order valence-corrected chi connectivity index (χ1v) is 8.16. The second-order valence-corrected chi connectivity index (χ2v) is 5.78. The van der Waals surface area contributed by atoms with Crippen molar-refractivity contribution < 1.29 is 19.4 Å². The van der Waals surface area contributed by atoms with E-state index < -0.39 is 11.9 Å². The number of ether oxygens (including phenoxy) is 1. The molecule has 0 saturated carbocycles. The highest BCUT2D eigenvalue weighted by Crippen LogP contribution is 2.21. The van der Waals surface area contributed by atoms with Crippen LogP contribution in [0, 0.1) is 5.92 Å². The van der Waals surface area contributed by atoms with Crippen LogP contribution in [0.4, 0.5) is 0 Å². The van der Waals surface area contributed by atoms with Crippen molar-refractivity contribution in [3.05, 3.63) is 36.0 Å². The van der Waals surface area contributed by atoms with Crippen molar-refractivity contribution in [1.29, 1.82) is 0 Å². The molecule has 0 aliphatic rings. The number of carbonyl (C=O) groups excluding carboxylic acids is 1. The minimum Gasteiger partial charge on any atom is -0.481 e. The van der Waals surface area contributed by atoms with Crippen LogP contribution in [0.2, 0.25) is 0 Å². The molecular formula is C18H24N2O4. The number of carboxylic acid groups (broad SMARTS) is 1. The Morgan fingerprint density at radius 1 is 1.33 bits per heavy atom. The summed E-state index contributed by atoms with van der Waals surface area (Å²) in [6.45, 7) is 3.27. The quantitative estimate of drug-likeness (QED) is 0.739. The molecule has 130 valence electrons. The van der Waals surface area contributed by atoms with Gasteiger partial charge in [0.05, 0.1) is 18.1 Å². The molecule has 0 aliphatic heterocycles. The Hall–Kier alpha value is -2.34. The molecular weight excluding hydrogens is 308 g/mol. The lowest BCUT2D eigenvalue weighted by atomic mass is 10.0. The number of aromatic nitrogens is 1. The lowest BCUT2D eigenvalue weighted by Crippen LogP contribution is -2.32. The van der Waals surface area contributed by atoms with Gasteiger partial charge in [-0.1, -0.05) is 31.5 Å². The monoisotopic (exact) mass is 332 g/mol. The standard InChI is InChI=1S/C18H24N2O4/c1-3-6-13(18(22)23)11-19-17(21)15-12-20(9-10-24-2)16-8-5-4-7-14(15)16/h4-5,7-8,12-13H,3,6,9-11H2,1-2H3,(H,19,21)(H,22,23). The third-order valence-corrected chi connectivity index (χ3v) is 4.06. The summed E-state index contributed by atoms with van der Waals surface area (Å²) < 4.78 is 7.09. The molecule has 1 atom stereocenters.